The molecule has 6 heteroatoms. The van der Waals surface area contributed by atoms with E-state index in [-0.39, 0.29) is 34.7 Å². The number of rotatable bonds is 5. The first-order chi connectivity index (χ1) is 11.4. The lowest BCUT2D eigenvalue weighted by atomic mass is 10.0. The highest BCUT2D eigenvalue weighted by molar-refractivity contribution is 5.94. The van der Waals surface area contributed by atoms with E-state index >= 15 is 0 Å². The number of hydrogen-bond acceptors (Lipinski definition) is 3. The predicted molar refractivity (Wildman–Crippen MR) is 88.4 cm³/mol. The largest absolute Gasteiger partial charge is 0.462 e. The summed E-state index contributed by atoms with van der Waals surface area (Å²) in [5, 5.41) is 0.0198. The highest BCUT2D eigenvalue weighted by atomic mass is 19.2. The molecule has 0 aliphatic heterocycles. The van der Waals surface area contributed by atoms with E-state index in [4.69, 9.17) is 4.74 Å². The average Bonchev–Trinajstić information content (AvgIpc) is 2.55. The number of hydrogen-bond donors (Lipinski definition) is 0. The minimum absolute atomic E-state index is 0.0198. The summed E-state index contributed by atoms with van der Waals surface area (Å²) in [5.74, 6) is -2.84. The van der Waals surface area contributed by atoms with Gasteiger partial charge in [-0.25, -0.2) is 13.6 Å². The number of aryl methyl sites for hydroxylation is 1. The van der Waals surface area contributed by atoms with Crippen LogP contribution in [0, 0.1) is 18.6 Å². The van der Waals surface area contributed by atoms with Gasteiger partial charge in [0.15, 0.2) is 11.6 Å². The Balaban J connectivity index is 2.95. The van der Waals surface area contributed by atoms with Gasteiger partial charge in [0.2, 0.25) is 5.43 Å². The second kappa shape index (κ2) is 7.11. The van der Waals surface area contributed by atoms with Crippen LogP contribution in [0.5, 0.6) is 0 Å². The molecule has 1 aromatic heterocycles. The van der Waals surface area contributed by atoms with Gasteiger partial charge in [-0.2, -0.15) is 0 Å². The van der Waals surface area contributed by atoms with Crippen LogP contribution in [-0.4, -0.2) is 17.1 Å². The lowest BCUT2D eigenvalue weighted by Gasteiger charge is -2.22. The number of carbonyl (C=O) groups is 1. The number of benzene rings is 1. The number of esters is 1. The molecule has 0 spiro atoms. The molecule has 0 amide bonds. The Bertz CT molecular complexity index is 838. The highest BCUT2D eigenvalue weighted by Crippen LogP contribution is 2.27. The SMILES string of the molecule is CCOC(=O)c1cn(C(CC)CC)c2cc(F)c(F)c(C)c2c1=O. The molecular formula is C18H21F2NO3. The molecule has 0 bridgehead atoms. The molecule has 0 N–H and O–H groups in total. The van der Waals surface area contributed by atoms with Crippen LogP contribution in [0.4, 0.5) is 8.78 Å². The van der Waals surface area contributed by atoms with E-state index in [9.17, 15) is 18.4 Å². The molecule has 2 rings (SSSR count). The Morgan fingerprint density at radius 1 is 1.25 bits per heavy atom. The molecule has 0 saturated carbocycles. The first kappa shape index (κ1) is 18.1. The van der Waals surface area contributed by atoms with Gasteiger partial charge >= 0.3 is 5.97 Å². The van der Waals surface area contributed by atoms with Crippen molar-refractivity contribution >= 4 is 16.9 Å². The molecule has 0 saturated heterocycles. The van der Waals surface area contributed by atoms with Gasteiger partial charge in [-0.15, -0.1) is 0 Å². The zero-order valence-electron chi connectivity index (χ0n) is 14.3. The van der Waals surface area contributed by atoms with Crippen LogP contribution in [0.1, 0.15) is 55.6 Å². The Labute approximate surface area is 139 Å². The zero-order chi connectivity index (χ0) is 18.0. The van der Waals surface area contributed by atoms with Crippen molar-refractivity contribution in [3.8, 4) is 0 Å². The smallest absolute Gasteiger partial charge is 0.343 e. The van der Waals surface area contributed by atoms with Crippen LogP contribution in [0.15, 0.2) is 17.1 Å². The molecule has 4 nitrogen and oxygen atoms in total. The minimum atomic E-state index is -1.07. The summed E-state index contributed by atoms with van der Waals surface area (Å²) in [5.41, 5.74) is -0.605. The fourth-order valence-corrected chi connectivity index (χ4v) is 2.97. The fourth-order valence-electron chi connectivity index (χ4n) is 2.97. The van der Waals surface area contributed by atoms with E-state index in [2.05, 4.69) is 0 Å². The topological polar surface area (TPSA) is 48.3 Å². The maximum Gasteiger partial charge on any atom is 0.343 e. The van der Waals surface area contributed by atoms with E-state index in [0.717, 1.165) is 18.9 Å². The molecule has 1 heterocycles. The molecule has 0 unspecified atom stereocenters. The Morgan fingerprint density at radius 2 is 1.88 bits per heavy atom. The van der Waals surface area contributed by atoms with Gasteiger partial charge < -0.3 is 9.30 Å². The fraction of sp³-hybridized carbons (Fsp3) is 0.444. The molecule has 24 heavy (non-hydrogen) atoms. The van der Waals surface area contributed by atoms with Gasteiger partial charge in [-0.1, -0.05) is 13.8 Å². The van der Waals surface area contributed by atoms with Gasteiger partial charge in [0.05, 0.1) is 17.5 Å². The molecular weight excluding hydrogens is 316 g/mol. The molecule has 0 aliphatic rings. The maximum absolute atomic E-state index is 14.0. The zero-order valence-corrected chi connectivity index (χ0v) is 14.3. The molecule has 0 radical (unpaired) electrons. The number of nitrogens with zero attached hydrogens (tertiary/aromatic N) is 1. The summed E-state index contributed by atoms with van der Waals surface area (Å²) in [4.78, 5) is 24.8. The van der Waals surface area contributed by atoms with Crippen molar-refractivity contribution in [3.63, 3.8) is 0 Å². The van der Waals surface area contributed by atoms with Crippen molar-refractivity contribution in [1.29, 1.82) is 0 Å². The van der Waals surface area contributed by atoms with Crippen molar-refractivity contribution in [3.05, 3.63) is 45.2 Å². The third-order valence-corrected chi connectivity index (χ3v) is 4.28. The Hall–Kier alpha value is -2.24. The van der Waals surface area contributed by atoms with Crippen molar-refractivity contribution in [2.75, 3.05) is 6.61 Å². The molecule has 0 aliphatic carbocycles. The molecule has 1 aromatic carbocycles. The number of pyridine rings is 1. The molecule has 2 aromatic rings. The third-order valence-electron chi connectivity index (χ3n) is 4.28. The van der Waals surface area contributed by atoms with E-state index in [0.29, 0.717) is 0 Å². The second-order valence-electron chi connectivity index (χ2n) is 5.66. The van der Waals surface area contributed by atoms with Crippen LogP contribution < -0.4 is 5.43 Å². The van der Waals surface area contributed by atoms with Gasteiger partial charge in [0.25, 0.3) is 0 Å². The summed E-state index contributed by atoms with van der Waals surface area (Å²) < 4.78 is 34.5. The van der Waals surface area contributed by atoms with E-state index < -0.39 is 23.0 Å². The van der Waals surface area contributed by atoms with Crippen LogP contribution in [0.3, 0.4) is 0 Å². The Morgan fingerprint density at radius 3 is 2.42 bits per heavy atom. The summed E-state index contributed by atoms with van der Waals surface area (Å²) in [6.45, 7) is 7.01. The van der Waals surface area contributed by atoms with E-state index in [1.807, 2.05) is 13.8 Å². The standard InChI is InChI=1S/C18H21F2NO3/c1-5-11(6-2)21-9-12(18(23)24-7-3)17(22)15-10(4)16(20)13(19)8-14(15)21/h8-9,11H,5-7H2,1-4H3. The number of halogens is 2. The molecule has 130 valence electrons. The van der Waals surface area contributed by atoms with E-state index in [1.54, 1.807) is 11.5 Å². The number of fused-ring (bicyclic) bond motifs is 1. The Kier molecular flexibility index (Phi) is 5.36. The summed E-state index contributed by atoms with van der Waals surface area (Å²) in [7, 11) is 0. The van der Waals surface area contributed by atoms with Crippen LogP contribution >= 0.6 is 0 Å². The van der Waals surface area contributed by atoms with Crippen molar-refractivity contribution in [1.82, 2.24) is 4.57 Å². The van der Waals surface area contributed by atoms with Gasteiger partial charge in [0.1, 0.15) is 5.56 Å². The van der Waals surface area contributed by atoms with Crippen molar-refractivity contribution < 1.29 is 18.3 Å². The number of aromatic nitrogens is 1. The first-order valence-electron chi connectivity index (χ1n) is 8.07. The summed E-state index contributed by atoms with van der Waals surface area (Å²) >= 11 is 0. The summed E-state index contributed by atoms with van der Waals surface area (Å²) in [6, 6.07) is 0.970. The summed E-state index contributed by atoms with van der Waals surface area (Å²) in [6.07, 6.45) is 2.83. The van der Waals surface area contributed by atoms with E-state index in [1.165, 1.54) is 13.1 Å². The van der Waals surface area contributed by atoms with Gasteiger partial charge in [-0.3, -0.25) is 4.79 Å². The van der Waals surface area contributed by atoms with Gasteiger partial charge in [-0.05, 0) is 26.7 Å². The second-order valence-corrected chi connectivity index (χ2v) is 5.66. The first-order valence-corrected chi connectivity index (χ1v) is 8.07. The third kappa shape index (κ3) is 2.92. The predicted octanol–water partition coefficient (Wildman–Crippen LogP) is 4.13. The molecule has 0 fully saturated rings. The van der Waals surface area contributed by atoms with Crippen molar-refractivity contribution in [2.45, 2.75) is 46.6 Å². The minimum Gasteiger partial charge on any atom is -0.462 e. The highest BCUT2D eigenvalue weighted by Gasteiger charge is 2.23. The number of ether oxygens (including phenoxy) is 1. The normalized spacial score (nSPS) is 11.3. The quantitative estimate of drug-likeness (QED) is 0.771. The lowest BCUT2D eigenvalue weighted by Crippen LogP contribution is -2.23. The number of carbonyl (C=O) groups excluding carboxylic acids is 1. The van der Waals surface area contributed by atoms with Crippen LogP contribution in [0.25, 0.3) is 10.9 Å². The lowest BCUT2D eigenvalue weighted by molar-refractivity contribution is 0.0524. The average molecular weight is 337 g/mol. The van der Waals surface area contributed by atoms with Crippen LogP contribution in [0.2, 0.25) is 0 Å². The maximum atomic E-state index is 14.0. The van der Waals surface area contributed by atoms with Crippen LogP contribution in [-0.2, 0) is 4.74 Å². The molecule has 0 atom stereocenters. The van der Waals surface area contributed by atoms with Crippen molar-refractivity contribution in [2.24, 2.45) is 0 Å². The monoisotopic (exact) mass is 337 g/mol. The van der Waals surface area contributed by atoms with Gasteiger partial charge in [0, 0.05) is 23.9 Å².